The van der Waals surface area contributed by atoms with Gasteiger partial charge in [0.2, 0.25) is 0 Å². The molecule has 0 amide bonds. The van der Waals surface area contributed by atoms with E-state index in [1.165, 1.54) is 6.07 Å². The lowest BCUT2D eigenvalue weighted by atomic mass is 9.61. The zero-order valence-corrected chi connectivity index (χ0v) is 12.4. The van der Waals surface area contributed by atoms with E-state index in [9.17, 15) is 23.1 Å². The number of rotatable bonds is 4. The average Bonchev–Trinajstić information content (AvgIpc) is 2.32. The molecule has 0 heterocycles. The molecule has 21 heavy (non-hydrogen) atoms. The van der Waals surface area contributed by atoms with Gasteiger partial charge in [0.25, 0.3) is 0 Å². The van der Waals surface area contributed by atoms with Gasteiger partial charge in [-0.25, -0.2) is 0 Å². The van der Waals surface area contributed by atoms with Crippen molar-refractivity contribution in [2.24, 2.45) is 23.2 Å². The summed E-state index contributed by atoms with van der Waals surface area (Å²) in [6.07, 6.45) is -3.62. The highest BCUT2D eigenvalue weighted by atomic mass is 19.4. The number of hydrogen-bond acceptors (Lipinski definition) is 3. The number of aliphatic carboxylic acids is 1. The summed E-state index contributed by atoms with van der Waals surface area (Å²) < 4.78 is 37.7. The monoisotopic (exact) mass is 306 g/mol. The number of carbonyl (C=O) groups is 1. The molecule has 0 saturated heterocycles. The summed E-state index contributed by atoms with van der Waals surface area (Å²) >= 11 is 0. The predicted molar refractivity (Wildman–Crippen MR) is 70.3 cm³/mol. The van der Waals surface area contributed by atoms with E-state index in [0.717, 1.165) is 0 Å². The number of nitrogens with one attached hydrogen (secondary N) is 1. The van der Waals surface area contributed by atoms with Crippen molar-refractivity contribution < 1.29 is 23.1 Å². The average molecular weight is 306 g/mol. The SMILES string of the molecule is CC1C(NCC(C#N)C(F)(F)F)CCC(C(=O)O)C1(C)C. The van der Waals surface area contributed by atoms with Crippen molar-refractivity contribution >= 4 is 5.97 Å². The molecule has 4 atom stereocenters. The molecule has 120 valence electrons. The maximum absolute atomic E-state index is 12.6. The Labute approximate surface area is 122 Å². The number of carboxylic acid groups (broad SMARTS) is 1. The highest BCUT2D eigenvalue weighted by Gasteiger charge is 2.47. The van der Waals surface area contributed by atoms with Crippen molar-refractivity contribution in [1.29, 1.82) is 5.26 Å². The van der Waals surface area contributed by atoms with Crippen LogP contribution < -0.4 is 5.32 Å². The van der Waals surface area contributed by atoms with Crippen LogP contribution in [0, 0.1) is 34.5 Å². The molecule has 0 bridgehead atoms. The Morgan fingerprint density at radius 3 is 2.48 bits per heavy atom. The number of nitriles is 1. The molecule has 0 aliphatic heterocycles. The van der Waals surface area contributed by atoms with Crippen LogP contribution in [0.5, 0.6) is 0 Å². The second-order valence-electron chi connectivity index (χ2n) is 6.32. The van der Waals surface area contributed by atoms with Crippen LogP contribution in [0.25, 0.3) is 0 Å². The molecular formula is C14H21F3N2O2. The molecule has 2 N–H and O–H groups in total. The van der Waals surface area contributed by atoms with Gasteiger partial charge < -0.3 is 10.4 Å². The molecule has 1 aliphatic rings. The van der Waals surface area contributed by atoms with E-state index in [1.54, 1.807) is 0 Å². The van der Waals surface area contributed by atoms with Crippen LogP contribution >= 0.6 is 0 Å². The molecule has 0 radical (unpaired) electrons. The topological polar surface area (TPSA) is 73.1 Å². The number of hydrogen-bond donors (Lipinski definition) is 2. The van der Waals surface area contributed by atoms with Gasteiger partial charge >= 0.3 is 12.1 Å². The maximum Gasteiger partial charge on any atom is 0.405 e. The van der Waals surface area contributed by atoms with Crippen molar-refractivity contribution in [3.8, 4) is 6.07 Å². The van der Waals surface area contributed by atoms with Gasteiger partial charge in [-0.2, -0.15) is 18.4 Å². The number of nitrogens with zero attached hydrogens (tertiary/aromatic N) is 1. The third-order valence-corrected chi connectivity index (χ3v) is 4.87. The van der Waals surface area contributed by atoms with Gasteiger partial charge in [-0.3, -0.25) is 4.79 Å². The second-order valence-corrected chi connectivity index (χ2v) is 6.32. The van der Waals surface area contributed by atoms with Crippen LogP contribution in [-0.4, -0.2) is 29.8 Å². The van der Waals surface area contributed by atoms with Crippen LogP contribution in [0.15, 0.2) is 0 Å². The second kappa shape index (κ2) is 6.22. The fraction of sp³-hybridized carbons (Fsp3) is 0.857. The number of carboxylic acids is 1. The summed E-state index contributed by atoms with van der Waals surface area (Å²) in [7, 11) is 0. The van der Waals surface area contributed by atoms with E-state index in [1.807, 2.05) is 20.8 Å². The third-order valence-electron chi connectivity index (χ3n) is 4.87. The molecule has 7 heteroatoms. The summed E-state index contributed by atoms with van der Waals surface area (Å²) in [6.45, 7) is 5.05. The minimum Gasteiger partial charge on any atom is -0.481 e. The first-order chi connectivity index (χ1) is 9.51. The number of alkyl halides is 3. The molecular weight excluding hydrogens is 285 g/mol. The Bertz CT molecular complexity index is 429. The van der Waals surface area contributed by atoms with Gasteiger partial charge in [0.15, 0.2) is 5.92 Å². The minimum absolute atomic E-state index is 0.0973. The van der Waals surface area contributed by atoms with Gasteiger partial charge in [0, 0.05) is 12.6 Å². The zero-order valence-electron chi connectivity index (χ0n) is 12.4. The summed E-state index contributed by atoms with van der Waals surface area (Å²) in [5, 5.41) is 20.6. The normalized spacial score (nSPS) is 30.4. The van der Waals surface area contributed by atoms with Crippen LogP contribution in [0.2, 0.25) is 0 Å². The van der Waals surface area contributed by atoms with E-state index in [-0.39, 0.29) is 12.0 Å². The lowest BCUT2D eigenvalue weighted by Crippen LogP contribution is -2.52. The summed E-state index contributed by atoms with van der Waals surface area (Å²) in [5.74, 6) is -3.50. The number of halogens is 3. The molecule has 4 nitrogen and oxygen atoms in total. The van der Waals surface area contributed by atoms with Crippen LogP contribution in [-0.2, 0) is 4.79 Å². The van der Waals surface area contributed by atoms with E-state index < -0.39 is 35.9 Å². The smallest absolute Gasteiger partial charge is 0.405 e. The molecule has 1 rings (SSSR count). The highest BCUT2D eigenvalue weighted by molar-refractivity contribution is 5.71. The summed E-state index contributed by atoms with van der Waals surface area (Å²) in [5.41, 5.74) is -0.512. The van der Waals surface area contributed by atoms with Gasteiger partial charge in [0.05, 0.1) is 12.0 Å². The molecule has 0 aromatic heterocycles. The largest absolute Gasteiger partial charge is 0.481 e. The molecule has 4 unspecified atom stereocenters. The van der Waals surface area contributed by atoms with Crippen molar-refractivity contribution in [2.75, 3.05) is 6.54 Å². The van der Waals surface area contributed by atoms with Crippen LogP contribution in [0.3, 0.4) is 0 Å². The fourth-order valence-corrected chi connectivity index (χ4v) is 3.03. The molecule has 0 aromatic rings. The quantitative estimate of drug-likeness (QED) is 0.837. The molecule has 1 fully saturated rings. The standard InChI is InChI=1S/C14H21F3N2O2/c1-8-11(19-7-9(6-18)14(15,16)17)5-4-10(12(20)21)13(8,2)3/h8-11,19H,4-5,7H2,1-3H3,(H,20,21). The first-order valence-corrected chi connectivity index (χ1v) is 6.94. The van der Waals surface area contributed by atoms with Crippen molar-refractivity contribution in [2.45, 2.75) is 45.8 Å². The first-order valence-electron chi connectivity index (χ1n) is 6.94. The van der Waals surface area contributed by atoms with E-state index in [4.69, 9.17) is 5.26 Å². The van der Waals surface area contributed by atoms with Crippen molar-refractivity contribution in [3.63, 3.8) is 0 Å². The lowest BCUT2D eigenvalue weighted by molar-refractivity contribution is -0.158. The Hall–Kier alpha value is -1.29. The van der Waals surface area contributed by atoms with E-state index >= 15 is 0 Å². The first kappa shape index (κ1) is 17.8. The van der Waals surface area contributed by atoms with Gasteiger partial charge in [-0.05, 0) is 24.2 Å². The maximum atomic E-state index is 12.6. The summed E-state index contributed by atoms with van der Waals surface area (Å²) in [4.78, 5) is 11.3. The van der Waals surface area contributed by atoms with Gasteiger partial charge in [0.1, 0.15) is 0 Å². The Morgan fingerprint density at radius 2 is 2.05 bits per heavy atom. The van der Waals surface area contributed by atoms with E-state index in [2.05, 4.69) is 5.32 Å². The van der Waals surface area contributed by atoms with Crippen molar-refractivity contribution in [3.05, 3.63) is 0 Å². The third kappa shape index (κ3) is 3.88. The lowest BCUT2D eigenvalue weighted by Gasteiger charge is -2.46. The molecule has 0 aromatic carbocycles. The van der Waals surface area contributed by atoms with Crippen molar-refractivity contribution in [1.82, 2.24) is 5.32 Å². The Kier molecular flexibility index (Phi) is 5.26. The molecule has 0 spiro atoms. The fourth-order valence-electron chi connectivity index (χ4n) is 3.03. The molecule has 1 saturated carbocycles. The minimum atomic E-state index is -4.54. The predicted octanol–water partition coefficient (Wildman–Crippen LogP) is 2.80. The van der Waals surface area contributed by atoms with E-state index in [0.29, 0.717) is 12.8 Å². The summed E-state index contributed by atoms with van der Waals surface area (Å²) in [6, 6.07) is 1.05. The Balaban J connectivity index is 2.71. The molecule has 1 aliphatic carbocycles. The van der Waals surface area contributed by atoms with Gasteiger partial charge in [-0.1, -0.05) is 20.8 Å². The zero-order chi connectivity index (χ0) is 16.4. The van der Waals surface area contributed by atoms with Gasteiger partial charge in [-0.15, -0.1) is 0 Å². The van der Waals surface area contributed by atoms with Crippen LogP contribution in [0.4, 0.5) is 13.2 Å². The Morgan fingerprint density at radius 1 is 1.48 bits per heavy atom. The van der Waals surface area contributed by atoms with Crippen LogP contribution in [0.1, 0.15) is 33.6 Å². The highest BCUT2D eigenvalue weighted by Crippen LogP contribution is 2.45.